The van der Waals surface area contributed by atoms with Crippen LogP contribution in [0, 0.1) is 5.92 Å². The van der Waals surface area contributed by atoms with Crippen LogP contribution in [0.4, 0.5) is 5.95 Å². The number of aromatic nitrogens is 2. The number of likely N-dealkylation sites (tertiary alicyclic amines) is 1. The number of carbonyl (C=O) groups excluding carboxylic acids is 1. The van der Waals surface area contributed by atoms with Crippen LogP contribution in [-0.4, -0.2) is 47.0 Å². The van der Waals surface area contributed by atoms with Gasteiger partial charge in [0.05, 0.1) is 0 Å². The molecule has 2 heterocycles. The van der Waals surface area contributed by atoms with Crippen LogP contribution in [0.3, 0.4) is 0 Å². The third kappa shape index (κ3) is 3.26. The number of amides is 1. The second-order valence-electron chi connectivity index (χ2n) is 5.39. The first-order valence-corrected chi connectivity index (χ1v) is 7.53. The monoisotopic (exact) mass is 276 g/mol. The molecule has 1 aromatic heterocycles. The third-order valence-corrected chi connectivity index (χ3v) is 3.98. The van der Waals surface area contributed by atoms with Crippen LogP contribution in [0.2, 0.25) is 0 Å². The van der Waals surface area contributed by atoms with E-state index >= 15 is 0 Å². The summed E-state index contributed by atoms with van der Waals surface area (Å²) >= 11 is 0. The van der Waals surface area contributed by atoms with Gasteiger partial charge in [0.15, 0.2) is 0 Å². The van der Waals surface area contributed by atoms with Crippen LogP contribution in [0.25, 0.3) is 0 Å². The molecule has 0 bridgehead atoms. The third-order valence-electron chi connectivity index (χ3n) is 3.98. The highest BCUT2D eigenvalue weighted by atomic mass is 16.2. The molecular weight excluding hydrogens is 252 g/mol. The van der Waals surface area contributed by atoms with E-state index in [1.165, 1.54) is 0 Å². The van der Waals surface area contributed by atoms with Gasteiger partial charge in [0.2, 0.25) is 5.95 Å². The number of hydrogen-bond donors (Lipinski definition) is 0. The van der Waals surface area contributed by atoms with Crippen molar-refractivity contribution in [2.75, 3.05) is 31.1 Å². The Kier molecular flexibility index (Phi) is 4.93. The molecule has 0 aliphatic carbocycles. The van der Waals surface area contributed by atoms with Crippen molar-refractivity contribution < 1.29 is 4.79 Å². The first kappa shape index (κ1) is 14.8. The summed E-state index contributed by atoms with van der Waals surface area (Å²) in [6.07, 6.45) is 3.85. The predicted octanol–water partition coefficient (Wildman–Crippen LogP) is 2.19. The fourth-order valence-corrected chi connectivity index (χ4v) is 2.50. The van der Waals surface area contributed by atoms with Crippen LogP contribution in [0.1, 0.15) is 44.1 Å². The number of hydrogen-bond acceptors (Lipinski definition) is 4. The van der Waals surface area contributed by atoms with E-state index in [1.807, 2.05) is 4.90 Å². The van der Waals surface area contributed by atoms with Crippen molar-refractivity contribution in [2.24, 2.45) is 5.92 Å². The van der Waals surface area contributed by atoms with Crippen molar-refractivity contribution in [1.29, 1.82) is 0 Å². The van der Waals surface area contributed by atoms with E-state index in [0.717, 1.165) is 44.9 Å². The summed E-state index contributed by atoms with van der Waals surface area (Å²) in [5, 5.41) is 0. The van der Waals surface area contributed by atoms with E-state index in [9.17, 15) is 4.79 Å². The van der Waals surface area contributed by atoms with E-state index in [4.69, 9.17) is 0 Å². The number of rotatable bonds is 4. The molecule has 0 atom stereocenters. The van der Waals surface area contributed by atoms with Gasteiger partial charge in [0, 0.05) is 32.4 Å². The molecule has 1 aromatic rings. The average Bonchev–Trinajstić information content (AvgIpc) is 2.49. The second-order valence-corrected chi connectivity index (χ2v) is 5.39. The topological polar surface area (TPSA) is 49.3 Å². The molecule has 0 spiro atoms. The average molecular weight is 276 g/mol. The molecule has 2 rings (SSSR count). The quantitative estimate of drug-likeness (QED) is 0.846. The number of carbonyl (C=O) groups is 1. The van der Waals surface area contributed by atoms with Crippen molar-refractivity contribution in [2.45, 2.75) is 33.6 Å². The van der Waals surface area contributed by atoms with Crippen LogP contribution in [0.15, 0.2) is 12.3 Å². The lowest BCUT2D eigenvalue weighted by Gasteiger charge is -2.30. The molecule has 0 saturated carbocycles. The maximum Gasteiger partial charge on any atom is 0.272 e. The second kappa shape index (κ2) is 6.68. The zero-order valence-corrected chi connectivity index (χ0v) is 12.7. The largest absolute Gasteiger partial charge is 0.341 e. The number of piperidine rings is 1. The van der Waals surface area contributed by atoms with Crippen molar-refractivity contribution in [3.05, 3.63) is 18.0 Å². The molecule has 1 aliphatic heterocycles. The Hall–Kier alpha value is -1.65. The highest BCUT2D eigenvalue weighted by Crippen LogP contribution is 2.18. The molecular formula is C15H24N4O. The zero-order chi connectivity index (χ0) is 14.5. The Morgan fingerprint density at radius 2 is 2.00 bits per heavy atom. The van der Waals surface area contributed by atoms with Crippen molar-refractivity contribution >= 4 is 11.9 Å². The molecule has 1 saturated heterocycles. The summed E-state index contributed by atoms with van der Waals surface area (Å²) in [6.45, 7) is 9.73. The summed E-state index contributed by atoms with van der Waals surface area (Å²) in [6, 6.07) is 1.72. The first-order valence-electron chi connectivity index (χ1n) is 7.53. The summed E-state index contributed by atoms with van der Waals surface area (Å²) < 4.78 is 0. The van der Waals surface area contributed by atoms with E-state index in [0.29, 0.717) is 11.6 Å². The van der Waals surface area contributed by atoms with Crippen molar-refractivity contribution in [3.63, 3.8) is 0 Å². The molecule has 5 heteroatoms. The van der Waals surface area contributed by atoms with Gasteiger partial charge in [-0.3, -0.25) is 4.79 Å². The Morgan fingerprint density at radius 1 is 1.35 bits per heavy atom. The molecule has 0 unspecified atom stereocenters. The summed E-state index contributed by atoms with van der Waals surface area (Å²) in [5.74, 6) is 1.40. The normalized spacial score (nSPS) is 16.2. The predicted molar refractivity (Wildman–Crippen MR) is 79.9 cm³/mol. The van der Waals surface area contributed by atoms with Gasteiger partial charge in [-0.15, -0.1) is 0 Å². The smallest absolute Gasteiger partial charge is 0.272 e. The van der Waals surface area contributed by atoms with Crippen molar-refractivity contribution in [3.8, 4) is 0 Å². The van der Waals surface area contributed by atoms with Gasteiger partial charge in [-0.1, -0.05) is 6.92 Å². The van der Waals surface area contributed by atoms with Gasteiger partial charge < -0.3 is 9.80 Å². The van der Waals surface area contributed by atoms with Gasteiger partial charge in [0.1, 0.15) is 5.69 Å². The minimum Gasteiger partial charge on any atom is -0.341 e. The Labute approximate surface area is 121 Å². The maximum atomic E-state index is 12.5. The molecule has 110 valence electrons. The fraction of sp³-hybridized carbons (Fsp3) is 0.667. The lowest BCUT2D eigenvalue weighted by Crippen LogP contribution is -2.38. The van der Waals surface area contributed by atoms with Gasteiger partial charge in [0.25, 0.3) is 5.91 Å². The molecule has 0 radical (unpaired) electrons. The molecule has 20 heavy (non-hydrogen) atoms. The van der Waals surface area contributed by atoms with E-state index in [-0.39, 0.29) is 5.91 Å². The van der Waals surface area contributed by atoms with E-state index in [2.05, 4.69) is 35.6 Å². The molecule has 0 aromatic carbocycles. The molecule has 1 fully saturated rings. The van der Waals surface area contributed by atoms with Crippen molar-refractivity contribution in [1.82, 2.24) is 14.9 Å². The Morgan fingerprint density at radius 3 is 2.60 bits per heavy atom. The van der Waals surface area contributed by atoms with Gasteiger partial charge >= 0.3 is 0 Å². The Balaban J connectivity index is 2.12. The first-order chi connectivity index (χ1) is 9.65. The van der Waals surface area contributed by atoms with Crippen LogP contribution < -0.4 is 4.90 Å². The van der Waals surface area contributed by atoms with E-state index < -0.39 is 0 Å². The van der Waals surface area contributed by atoms with Gasteiger partial charge in [-0.2, -0.15) is 0 Å². The standard InChI is InChI=1S/C15H24N4O/c1-4-18(5-2)15-16-9-6-13(17-15)14(20)19-10-7-12(3)8-11-19/h6,9,12H,4-5,7-8,10-11H2,1-3H3. The highest BCUT2D eigenvalue weighted by molar-refractivity contribution is 5.92. The number of nitrogens with zero attached hydrogens (tertiary/aromatic N) is 4. The molecule has 0 N–H and O–H groups in total. The van der Waals surface area contributed by atoms with Crippen LogP contribution >= 0.6 is 0 Å². The minimum atomic E-state index is 0.0349. The fourth-order valence-electron chi connectivity index (χ4n) is 2.50. The van der Waals surface area contributed by atoms with Crippen LogP contribution in [-0.2, 0) is 0 Å². The SMILES string of the molecule is CCN(CC)c1nccc(C(=O)N2CCC(C)CC2)n1. The minimum absolute atomic E-state index is 0.0349. The summed E-state index contributed by atoms with van der Waals surface area (Å²) in [5.41, 5.74) is 0.511. The number of anilines is 1. The summed E-state index contributed by atoms with van der Waals surface area (Å²) in [7, 11) is 0. The lowest BCUT2D eigenvalue weighted by atomic mass is 9.99. The van der Waals surface area contributed by atoms with Gasteiger partial charge in [-0.25, -0.2) is 9.97 Å². The summed E-state index contributed by atoms with van der Waals surface area (Å²) in [4.78, 5) is 25.1. The molecule has 1 amide bonds. The zero-order valence-electron chi connectivity index (χ0n) is 12.7. The van der Waals surface area contributed by atoms with E-state index in [1.54, 1.807) is 12.3 Å². The van der Waals surface area contributed by atoms with Crippen LogP contribution in [0.5, 0.6) is 0 Å². The maximum absolute atomic E-state index is 12.5. The van der Waals surface area contributed by atoms with Gasteiger partial charge in [-0.05, 0) is 38.7 Å². The Bertz CT molecular complexity index is 451. The highest BCUT2D eigenvalue weighted by Gasteiger charge is 2.22. The molecule has 1 aliphatic rings. The molecule has 5 nitrogen and oxygen atoms in total. The lowest BCUT2D eigenvalue weighted by molar-refractivity contribution is 0.0691.